The van der Waals surface area contributed by atoms with Crippen LogP contribution < -0.4 is 10.6 Å². The van der Waals surface area contributed by atoms with Gasteiger partial charge in [0.1, 0.15) is 0 Å². The molecule has 1 aliphatic rings. The third-order valence-electron chi connectivity index (χ3n) is 3.11. The van der Waals surface area contributed by atoms with Crippen LogP contribution in [-0.2, 0) is 4.74 Å². The first kappa shape index (κ1) is 14.7. The number of thiocarbonyl (C=S) groups is 1. The zero-order valence-electron chi connectivity index (χ0n) is 11.0. The second kappa shape index (κ2) is 9.66. The van der Waals surface area contributed by atoms with Gasteiger partial charge in [-0.05, 0) is 31.5 Å². The van der Waals surface area contributed by atoms with Gasteiger partial charge < -0.3 is 15.4 Å². The maximum Gasteiger partial charge on any atom is 0.166 e. The molecule has 100 valence electrons. The molecule has 17 heavy (non-hydrogen) atoms. The minimum atomic E-state index is 0.588. The van der Waals surface area contributed by atoms with E-state index < -0.39 is 0 Å². The van der Waals surface area contributed by atoms with Crippen molar-refractivity contribution in [1.29, 1.82) is 0 Å². The predicted molar refractivity (Wildman–Crippen MR) is 76.3 cm³/mol. The number of hydrogen-bond acceptors (Lipinski definition) is 2. The number of ether oxygens (including phenoxy) is 1. The third-order valence-corrected chi connectivity index (χ3v) is 3.38. The van der Waals surface area contributed by atoms with Crippen molar-refractivity contribution in [2.45, 2.75) is 57.9 Å². The summed E-state index contributed by atoms with van der Waals surface area (Å²) in [6.45, 7) is 4.58. The Bertz CT molecular complexity index is 206. The Hall–Kier alpha value is -0.350. The molecular weight excluding hydrogens is 232 g/mol. The Labute approximate surface area is 111 Å². The summed E-state index contributed by atoms with van der Waals surface area (Å²) in [4.78, 5) is 0. The molecule has 1 aliphatic carbocycles. The lowest BCUT2D eigenvalue weighted by molar-refractivity contribution is 0.136. The zero-order chi connectivity index (χ0) is 12.3. The quantitative estimate of drug-likeness (QED) is 0.543. The monoisotopic (exact) mass is 258 g/mol. The van der Waals surface area contributed by atoms with Crippen LogP contribution in [0.3, 0.4) is 0 Å². The normalized spacial score (nSPS) is 16.8. The summed E-state index contributed by atoms with van der Waals surface area (Å²) < 4.78 is 5.46. The second-order valence-corrected chi connectivity index (χ2v) is 5.11. The van der Waals surface area contributed by atoms with E-state index in [4.69, 9.17) is 17.0 Å². The van der Waals surface area contributed by atoms with Crippen molar-refractivity contribution in [2.75, 3.05) is 19.8 Å². The van der Waals surface area contributed by atoms with Crippen molar-refractivity contribution in [3.8, 4) is 0 Å². The molecule has 0 aromatic rings. The fourth-order valence-electron chi connectivity index (χ4n) is 2.07. The van der Waals surface area contributed by atoms with Gasteiger partial charge in [0.05, 0.1) is 6.61 Å². The third kappa shape index (κ3) is 7.55. The van der Waals surface area contributed by atoms with E-state index in [1.54, 1.807) is 0 Å². The molecule has 1 rings (SSSR count). The molecule has 3 nitrogen and oxygen atoms in total. The first-order valence-corrected chi connectivity index (χ1v) is 7.36. The number of hydrogen-bond donors (Lipinski definition) is 2. The van der Waals surface area contributed by atoms with Gasteiger partial charge in [-0.15, -0.1) is 0 Å². The van der Waals surface area contributed by atoms with Crippen molar-refractivity contribution in [3.05, 3.63) is 0 Å². The Morgan fingerprint density at radius 2 is 2.00 bits per heavy atom. The summed E-state index contributed by atoms with van der Waals surface area (Å²) in [6.07, 6.45) is 8.90. The molecule has 0 bridgehead atoms. The maximum atomic E-state index is 5.46. The molecule has 0 spiro atoms. The molecule has 0 saturated heterocycles. The van der Waals surface area contributed by atoms with Gasteiger partial charge in [0.2, 0.25) is 0 Å². The largest absolute Gasteiger partial charge is 0.380 e. The van der Waals surface area contributed by atoms with Crippen LogP contribution in [0.25, 0.3) is 0 Å². The summed E-state index contributed by atoms with van der Waals surface area (Å²) in [5.74, 6) is 0. The van der Waals surface area contributed by atoms with Crippen LogP contribution in [0.2, 0.25) is 0 Å². The molecule has 0 amide bonds. The van der Waals surface area contributed by atoms with Crippen LogP contribution >= 0.6 is 12.2 Å². The molecule has 1 fully saturated rings. The molecule has 0 atom stereocenters. The van der Waals surface area contributed by atoms with Crippen molar-refractivity contribution in [2.24, 2.45) is 0 Å². The Morgan fingerprint density at radius 1 is 1.24 bits per heavy atom. The van der Waals surface area contributed by atoms with Crippen LogP contribution in [0.1, 0.15) is 51.9 Å². The first-order valence-electron chi connectivity index (χ1n) is 6.95. The lowest BCUT2D eigenvalue weighted by Gasteiger charge is -2.24. The molecule has 0 heterocycles. The lowest BCUT2D eigenvalue weighted by Crippen LogP contribution is -2.43. The molecule has 1 saturated carbocycles. The molecule has 0 radical (unpaired) electrons. The highest BCUT2D eigenvalue weighted by molar-refractivity contribution is 7.80. The molecule has 0 aliphatic heterocycles. The number of unbranched alkanes of at least 4 members (excludes halogenated alkanes) is 1. The standard InChI is InChI=1S/C13H26N2OS/c1-2-3-10-16-11-9-14-13(17)15-12-7-5-4-6-8-12/h12H,2-11H2,1H3,(H2,14,15,17). The summed E-state index contributed by atoms with van der Waals surface area (Å²) in [5, 5.41) is 7.38. The van der Waals surface area contributed by atoms with E-state index in [1.807, 2.05) is 0 Å². The lowest BCUT2D eigenvalue weighted by atomic mass is 9.96. The van der Waals surface area contributed by atoms with Crippen molar-refractivity contribution in [1.82, 2.24) is 10.6 Å². The van der Waals surface area contributed by atoms with Crippen LogP contribution in [0.15, 0.2) is 0 Å². The van der Waals surface area contributed by atoms with Crippen molar-refractivity contribution in [3.63, 3.8) is 0 Å². The molecular formula is C13H26N2OS. The van der Waals surface area contributed by atoms with Gasteiger partial charge >= 0.3 is 0 Å². The van der Waals surface area contributed by atoms with Crippen molar-refractivity contribution < 1.29 is 4.74 Å². The molecule has 0 unspecified atom stereocenters. The zero-order valence-corrected chi connectivity index (χ0v) is 11.8. The maximum absolute atomic E-state index is 5.46. The van der Waals surface area contributed by atoms with E-state index in [9.17, 15) is 0 Å². The van der Waals surface area contributed by atoms with E-state index in [1.165, 1.54) is 38.5 Å². The molecule has 2 N–H and O–H groups in total. The highest BCUT2D eigenvalue weighted by Gasteiger charge is 2.13. The van der Waals surface area contributed by atoms with Gasteiger partial charge in [-0.1, -0.05) is 32.6 Å². The fourth-order valence-corrected chi connectivity index (χ4v) is 2.34. The van der Waals surface area contributed by atoms with Crippen LogP contribution in [-0.4, -0.2) is 30.9 Å². The fraction of sp³-hybridized carbons (Fsp3) is 0.923. The average molecular weight is 258 g/mol. The minimum Gasteiger partial charge on any atom is -0.380 e. The average Bonchev–Trinajstić information content (AvgIpc) is 2.35. The van der Waals surface area contributed by atoms with Crippen LogP contribution in [0.4, 0.5) is 0 Å². The SMILES string of the molecule is CCCCOCCNC(=S)NC1CCCCC1. The predicted octanol–water partition coefficient (Wildman–Crippen LogP) is 2.60. The van der Waals surface area contributed by atoms with Crippen molar-refractivity contribution >= 4 is 17.3 Å². The summed E-state index contributed by atoms with van der Waals surface area (Å²) >= 11 is 5.26. The van der Waals surface area contributed by atoms with Gasteiger partial charge in [0.25, 0.3) is 0 Å². The second-order valence-electron chi connectivity index (χ2n) is 4.70. The van der Waals surface area contributed by atoms with E-state index in [2.05, 4.69) is 17.6 Å². The highest BCUT2D eigenvalue weighted by atomic mass is 32.1. The Morgan fingerprint density at radius 3 is 2.71 bits per heavy atom. The highest BCUT2D eigenvalue weighted by Crippen LogP contribution is 2.17. The first-order chi connectivity index (χ1) is 8.33. The van der Waals surface area contributed by atoms with E-state index in [-0.39, 0.29) is 0 Å². The van der Waals surface area contributed by atoms with Gasteiger partial charge in [0, 0.05) is 19.2 Å². The number of nitrogens with one attached hydrogen (secondary N) is 2. The molecule has 0 aromatic carbocycles. The van der Waals surface area contributed by atoms with Gasteiger partial charge in [-0.25, -0.2) is 0 Å². The van der Waals surface area contributed by atoms with Gasteiger partial charge in [-0.3, -0.25) is 0 Å². The smallest absolute Gasteiger partial charge is 0.166 e. The number of rotatable bonds is 7. The van der Waals surface area contributed by atoms with E-state index in [0.29, 0.717) is 6.04 Å². The summed E-state index contributed by atoms with van der Waals surface area (Å²) in [5.41, 5.74) is 0. The topological polar surface area (TPSA) is 33.3 Å². The Kier molecular flexibility index (Phi) is 8.36. The van der Waals surface area contributed by atoms with Gasteiger partial charge in [-0.2, -0.15) is 0 Å². The Balaban J connectivity index is 1.93. The molecule has 0 aromatic heterocycles. The van der Waals surface area contributed by atoms with Crippen LogP contribution in [0, 0.1) is 0 Å². The summed E-state index contributed by atoms with van der Waals surface area (Å²) in [6, 6.07) is 0.588. The molecule has 4 heteroatoms. The summed E-state index contributed by atoms with van der Waals surface area (Å²) in [7, 11) is 0. The van der Waals surface area contributed by atoms with Crippen LogP contribution in [0.5, 0.6) is 0 Å². The van der Waals surface area contributed by atoms with Gasteiger partial charge in [0.15, 0.2) is 5.11 Å². The van der Waals surface area contributed by atoms with E-state index >= 15 is 0 Å². The minimum absolute atomic E-state index is 0.588. The van der Waals surface area contributed by atoms with E-state index in [0.717, 1.165) is 31.3 Å².